The number of anilines is 1. The Bertz CT molecular complexity index is 918. The number of para-hydroxylation sites is 1. The molecule has 0 saturated carbocycles. The highest BCUT2D eigenvalue weighted by Crippen LogP contribution is 2.35. The number of hydrogen-bond acceptors (Lipinski definition) is 5. The molecule has 3 aromatic rings. The fraction of sp³-hybridized carbons (Fsp3) is 0.200. The summed E-state index contributed by atoms with van der Waals surface area (Å²) < 4.78 is 5.93. The van der Waals surface area contributed by atoms with E-state index in [1.54, 1.807) is 0 Å². The van der Waals surface area contributed by atoms with Crippen LogP contribution in [0, 0.1) is 0 Å². The third-order valence-corrected chi connectivity index (χ3v) is 4.30. The van der Waals surface area contributed by atoms with E-state index in [-0.39, 0.29) is 0 Å². The van der Waals surface area contributed by atoms with E-state index in [1.807, 2.05) is 12.3 Å². The summed E-state index contributed by atoms with van der Waals surface area (Å²) in [6.45, 7) is 4.12. The van der Waals surface area contributed by atoms with Crippen LogP contribution in [0.15, 0.2) is 59.2 Å². The fourth-order valence-electron chi connectivity index (χ4n) is 3.04. The molecule has 2 heterocycles. The quantitative estimate of drug-likeness (QED) is 0.598. The zero-order valence-electron chi connectivity index (χ0n) is 14.6. The summed E-state index contributed by atoms with van der Waals surface area (Å²) in [5, 5.41) is 19.4. The summed E-state index contributed by atoms with van der Waals surface area (Å²) in [5.41, 5.74) is 4.57. The molecule has 1 aromatic heterocycles. The van der Waals surface area contributed by atoms with E-state index in [0.717, 1.165) is 31.8 Å². The molecule has 7 nitrogen and oxygen atoms in total. The number of carboxylic acids is 2. The summed E-state index contributed by atoms with van der Waals surface area (Å²) in [4.78, 5) is 20.6. The predicted molar refractivity (Wildman–Crippen MR) is 102 cm³/mol. The van der Waals surface area contributed by atoms with Gasteiger partial charge in [-0.3, -0.25) is 0 Å². The van der Waals surface area contributed by atoms with Gasteiger partial charge in [-0.05, 0) is 11.6 Å². The molecule has 0 aliphatic carbocycles. The molecule has 0 bridgehead atoms. The summed E-state index contributed by atoms with van der Waals surface area (Å²) >= 11 is 0. The molecule has 3 N–H and O–H groups in total. The number of nitrogens with one attached hydrogen (secondary N) is 1. The van der Waals surface area contributed by atoms with Gasteiger partial charge in [0.05, 0.1) is 12.0 Å². The number of furan rings is 1. The lowest BCUT2D eigenvalue weighted by atomic mass is 10.0. The van der Waals surface area contributed by atoms with Gasteiger partial charge in [-0.2, -0.15) is 0 Å². The van der Waals surface area contributed by atoms with Gasteiger partial charge in [-0.25, -0.2) is 9.59 Å². The van der Waals surface area contributed by atoms with Gasteiger partial charge >= 0.3 is 11.9 Å². The van der Waals surface area contributed by atoms with Crippen LogP contribution in [0.25, 0.3) is 22.1 Å². The number of rotatable bonds is 2. The van der Waals surface area contributed by atoms with E-state index < -0.39 is 11.9 Å². The molecule has 0 amide bonds. The minimum Gasteiger partial charge on any atom is -0.473 e. The van der Waals surface area contributed by atoms with Crippen molar-refractivity contribution in [3.05, 3.63) is 54.8 Å². The Kier molecular flexibility index (Phi) is 5.73. The first kappa shape index (κ1) is 18.5. The van der Waals surface area contributed by atoms with Crippen LogP contribution in [0.5, 0.6) is 0 Å². The normalized spacial score (nSPS) is 13.7. The van der Waals surface area contributed by atoms with Gasteiger partial charge in [0.1, 0.15) is 0 Å². The molecule has 2 aromatic carbocycles. The van der Waals surface area contributed by atoms with Gasteiger partial charge in [-0.1, -0.05) is 42.5 Å². The average Bonchev–Trinajstić information content (AvgIpc) is 3.14. The number of carbonyl (C=O) groups is 2. The average molecular weight is 368 g/mol. The number of fused-ring (bicyclic) bond motifs is 1. The zero-order valence-corrected chi connectivity index (χ0v) is 14.6. The minimum atomic E-state index is -1.82. The number of piperazine rings is 1. The van der Waals surface area contributed by atoms with Crippen molar-refractivity contribution in [1.29, 1.82) is 0 Å². The molecule has 0 atom stereocenters. The lowest BCUT2D eigenvalue weighted by Gasteiger charge is -2.29. The highest BCUT2D eigenvalue weighted by Gasteiger charge is 2.17. The maximum absolute atomic E-state index is 9.10. The van der Waals surface area contributed by atoms with Crippen LogP contribution in [-0.4, -0.2) is 48.3 Å². The van der Waals surface area contributed by atoms with E-state index in [0.29, 0.717) is 0 Å². The predicted octanol–water partition coefficient (Wildman–Crippen LogP) is 2.67. The second kappa shape index (κ2) is 8.37. The molecule has 1 fully saturated rings. The third kappa shape index (κ3) is 4.27. The first-order valence-electron chi connectivity index (χ1n) is 8.55. The van der Waals surface area contributed by atoms with E-state index in [9.17, 15) is 0 Å². The molecular formula is C20H20N2O5. The molecule has 27 heavy (non-hydrogen) atoms. The second-order valence-electron chi connectivity index (χ2n) is 6.02. The second-order valence-corrected chi connectivity index (χ2v) is 6.02. The first-order chi connectivity index (χ1) is 13.1. The van der Waals surface area contributed by atoms with E-state index in [4.69, 9.17) is 24.2 Å². The van der Waals surface area contributed by atoms with Crippen molar-refractivity contribution >= 4 is 28.6 Å². The standard InChI is InChI=1S/C18H18N2O.C2H2O4/c1-2-5-14(6-3-1)16-13-21-18-15(16)7-4-8-17(18)20-11-9-19-10-12-20;3-1(4)2(5)6/h1-8,13,19H,9-12H2;(H,3,4)(H,5,6). The summed E-state index contributed by atoms with van der Waals surface area (Å²) in [6.07, 6.45) is 1.88. The maximum atomic E-state index is 9.10. The Morgan fingerprint density at radius 1 is 0.926 bits per heavy atom. The number of aliphatic carboxylic acids is 2. The smallest absolute Gasteiger partial charge is 0.414 e. The fourth-order valence-corrected chi connectivity index (χ4v) is 3.04. The Morgan fingerprint density at radius 2 is 1.59 bits per heavy atom. The number of benzene rings is 2. The van der Waals surface area contributed by atoms with Gasteiger partial charge < -0.3 is 24.8 Å². The van der Waals surface area contributed by atoms with Crippen LogP contribution < -0.4 is 10.2 Å². The number of nitrogens with zero attached hydrogens (tertiary/aromatic N) is 1. The topological polar surface area (TPSA) is 103 Å². The van der Waals surface area contributed by atoms with Crippen molar-refractivity contribution in [1.82, 2.24) is 5.32 Å². The lowest BCUT2D eigenvalue weighted by molar-refractivity contribution is -0.159. The van der Waals surface area contributed by atoms with Crippen molar-refractivity contribution in [3.63, 3.8) is 0 Å². The van der Waals surface area contributed by atoms with Gasteiger partial charge in [-0.15, -0.1) is 0 Å². The van der Waals surface area contributed by atoms with E-state index in [1.165, 1.54) is 22.2 Å². The van der Waals surface area contributed by atoms with Crippen LogP contribution in [0.4, 0.5) is 5.69 Å². The molecule has 1 saturated heterocycles. The number of carboxylic acid groups (broad SMARTS) is 2. The first-order valence-corrected chi connectivity index (χ1v) is 8.55. The van der Waals surface area contributed by atoms with Crippen LogP contribution in [0.3, 0.4) is 0 Å². The molecule has 0 unspecified atom stereocenters. The van der Waals surface area contributed by atoms with Gasteiger partial charge in [0.25, 0.3) is 0 Å². The number of hydrogen-bond donors (Lipinski definition) is 3. The van der Waals surface area contributed by atoms with Crippen LogP contribution in [0.2, 0.25) is 0 Å². The zero-order chi connectivity index (χ0) is 19.2. The van der Waals surface area contributed by atoms with Crippen molar-refractivity contribution in [3.8, 4) is 11.1 Å². The van der Waals surface area contributed by atoms with Crippen molar-refractivity contribution in [2.75, 3.05) is 31.1 Å². The molecule has 1 aliphatic heterocycles. The highest BCUT2D eigenvalue weighted by molar-refractivity contribution is 6.27. The van der Waals surface area contributed by atoms with Crippen LogP contribution >= 0.6 is 0 Å². The van der Waals surface area contributed by atoms with Crippen LogP contribution in [0.1, 0.15) is 0 Å². The van der Waals surface area contributed by atoms with E-state index >= 15 is 0 Å². The summed E-state index contributed by atoms with van der Waals surface area (Å²) in [5.74, 6) is -3.65. The molecule has 4 rings (SSSR count). The molecular weight excluding hydrogens is 348 g/mol. The SMILES string of the molecule is O=C(O)C(=O)O.c1ccc(-c2coc3c(N4CCNCC4)cccc23)cc1. The Hall–Kier alpha value is -3.32. The largest absolute Gasteiger partial charge is 0.473 e. The molecule has 0 spiro atoms. The van der Waals surface area contributed by atoms with Gasteiger partial charge in [0.2, 0.25) is 0 Å². The van der Waals surface area contributed by atoms with Crippen molar-refractivity contribution < 1.29 is 24.2 Å². The van der Waals surface area contributed by atoms with Crippen LogP contribution in [-0.2, 0) is 9.59 Å². The molecule has 0 radical (unpaired) electrons. The monoisotopic (exact) mass is 368 g/mol. The Morgan fingerprint density at radius 3 is 2.22 bits per heavy atom. The molecule has 7 heteroatoms. The highest BCUT2D eigenvalue weighted by atomic mass is 16.4. The molecule has 140 valence electrons. The molecule has 1 aliphatic rings. The van der Waals surface area contributed by atoms with Crippen molar-refractivity contribution in [2.45, 2.75) is 0 Å². The Labute approximate surface area is 155 Å². The van der Waals surface area contributed by atoms with Crippen molar-refractivity contribution in [2.24, 2.45) is 0 Å². The van der Waals surface area contributed by atoms with Gasteiger partial charge in [0.15, 0.2) is 5.58 Å². The van der Waals surface area contributed by atoms with E-state index in [2.05, 4.69) is 52.7 Å². The summed E-state index contributed by atoms with van der Waals surface area (Å²) in [7, 11) is 0. The minimum absolute atomic E-state index is 0.998. The Balaban J connectivity index is 0.000000307. The lowest BCUT2D eigenvalue weighted by Crippen LogP contribution is -2.43. The summed E-state index contributed by atoms with van der Waals surface area (Å²) in [6, 6.07) is 16.9. The van der Waals surface area contributed by atoms with Gasteiger partial charge in [0, 0.05) is 37.1 Å². The third-order valence-electron chi connectivity index (χ3n) is 4.30. The maximum Gasteiger partial charge on any atom is 0.414 e.